The third kappa shape index (κ3) is 3.85. The number of nitrogens with zero attached hydrogens (tertiary/aromatic N) is 1. The Bertz CT molecular complexity index is 723. The molecule has 0 radical (unpaired) electrons. The van der Waals surface area contributed by atoms with Crippen LogP contribution in [0.3, 0.4) is 0 Å². The molecule has 0 aliphatic rings. The molecule has 0 bridgehead atoms. The van der Waals surface area contributed by atoms with Gasteiger partial charge in [-0.25, -0.2) is 0 Å². The van der Waals surface area contributed by atoms with Gasteiger partial charge in [-0.2, -0.15) is 0 Å². The van der Waals surface area contributed by atoms with Crippen LogP contribution in [0.1, 0.15) is 30.6 Å². The minimum absolute atomic E-state index is 0.278. The monoisotopic (exact) mass is 302 g/mol. The maximum Gasteiger partial charge on any atom is 0.0573 e. The molecule has 0 saturated carbocycles. The van der Waals surface area contributed by atoms with Crippen molar-refractivity contribution in [2.24, 2.45) is 0 Å². The highest BCUT2D eigenvalue weighted by Gasteiger charge is 2.11. The quantitative estimate of drug-likeness (QED) is 0.694. The van der Waals surface area contributed by atoms with E-state index < -0.39 is 0 Å². The molecule has 1 N–H and O–H groups in total. The first-order valence-corrected chi connectivity index (χ1v) is 8.16. The number of aromatic nitrogens is 1. The molecule has 23 heavy (non-hydrogen) atoms. The van der Waals surface area contributed by atoms with E-state index in [9.17, 15) is 0 Å². The van der Waals surface area contributed by atoms with Crippen LogP contribution in [0.5, 0.6) is 0 Å². The summed E-state index contributed by atoms with van der Waals surface area (Å²) in [4.78, 5) is 4.48. The lowest BCUT2D eigenvalue weighted by atomic mass is 9.99. The molecule has 2 heteroatoms. The van der Waals surface area contributed by atoms with Crippen LogP contribution in [0.15, 0.2) is 79.0 Å². The lowest BCUT2D eigenvalue weighted by molar-refractivity contribution is 0.508. The molecular weight excluding hydrogens is 280 g/mol. The fraction of sp³-hybridized carbons (Fsp3) is 0.190. The molecule has 3 aromatic rings. The van der Waals surface area contributed by atoms with Crippen molar-refractivity contribution in [3.63, 3.8) is 0 Å². The molecule has 1 heterocycles. The number of hydrogen-bond donors (Lipinski definition) is 1. The zero-order chi connectivity index (χ0) is 15.9. The van der Waals surface area contributed by atoms with Gasteiger partial charge in [0.05, 0.1) is 5.69 Å². The second-order valence-electron chi connectivity index (χ2n) is 5.62. The topological polar surface area (TPSA) is 24.9 Å². The first-order chi connectivity index (χ1) is 11.4. The Labute approximate surface area is 138 Å². The van der Waals surface area contributed by atoms with E-state index in [0.29, 0.717) is 0 Å². The summed E-state index contributed by atoms with van der Waals surface area (Å²) in [6.07, 6.45) is 2.88. The second kappa shape index (κ2) is 7.70. The van der Waals surface area contributed by atoms with Crippen LogP contribution < -0.4 is 5.32 Å². The van der Waals surface area contributed by atoms with Gasteiger partial charge >= 0.3 is 0 Å². The van der Waals surface area contributed by atoms with Crippen molar-refractivity contribution >= 4 is 0 Å². The van der Waals surface area contributed by atoms with E-state index in [2.05, 4.69) is 77.9 Å². The molecule has 0 saturated heterocycles. The molecule has 3 rings (SSSR count). The van der Waals surface area contributed by atoms with E-state index in [1.807, 2.05) is 18.3 Å². The molecule has 0 spiro atoms. The van der Waals surface area contributed by atoms with Gasteiger partial charge in [0, 0.05) is 18.8 Å². The lowest BCUT2D eigenvalue weighted by Gasteiger charge is -2.18. The van der Waals surface area contributed by atoms with Crippen LogP contribution in [0.4, 0.5) is 0 Å². The Hall–Kier alpha value is -2.45. The van der Waals surface area contributed by atoms with E-state index in [0.717, 1.165) is 18.7 Å². The Morgan fingerprint density at radius 3 is 2.35 bits per heavy atom. The Morgan fingerprint density at radius 2 is 1.61 bits per heavy atom. The zero-order valence-corrected chi connectivity index (χ0v) is 13.4. The van der Waals surface area contributed by atoms with Crippen molar-refractivity contribution in [3.8, 4) is 11.1 Å². The second-order valence-corrected chi connectivity index (χ2v) is 5.62. The van der Waals surface area contributed by atoms with E-state index in [-0.39, 0.29) is 6.04 Å². The van der Waals surface area contributed by atoms with Crippen molar-refractivity contribution in [1.82, 2.24) is 10.3 Å². The van der Waals surface area contributed by atoms with Crippen LogP contribution in [0.2, 0.25) is 0 Å². The van der Waals surface area contributed by atoms with E-state index in [1.165, 1.54) is 16.7 Å². The third-order valence-corrected chi connectivity index (χ3v) is 4.09. The zero-order valence-electron chi connectivity index (χ0n) is 13.4. The summed E-state index contributed by atoms with van der Waals surface area (Å²) in [5.74, 6) is 0. The molecule has 0 aliphatic heterocycles. The Kier molecular flexibility index (Phi) is 5.17. The highest BCUT2D eigenvalue weighted by atomic mass is 14.9. The average molecular weight is 302 g/mol. The van der Waals surface area contributed by atoms with E-state index in [4.69, 9.17) is 0 Å². The SMILES string of the molecule is CC[C@@H](NCc1ccccc1-c1ccccc1)c1ccccn1. The van der Waals surface area contributed by atoms with Gasteiger partial charge in [-0.1, -0.05) is 67.6 Å². The fourth-order valence-electron chi connectivity index (χ4n) is 2.85. The minimum Gasteiger partial charge on any atom is -0.304 e. The van der Waals surface area contributed by atoms with Gasteiger partial charge in [-0.15, -0.1) is 0 Å². The highest BCUT2D eigenvalue weighted by molar-refractivity contribution is 5.67. The number of rotatable bonds is 6. The van der Waals surface area contributed by atoms with Crippen molar-refractivity contribution in [2.75, 3.05) is 0 Å². The summed E-state index contributed by atoms with van der Waals surface area (Å²) in [7, 11) is 0. The molecule has 0 amide bonds. The van der Waals surface area contributed by atoms with Crippen molar-refractivity contribution in [3.05, 3.63) is 90.3 Å². The van der Waals surface area contributed by atoms with Gasteiger partial charge in [-0.3, -0.25) is 4.98 Å². The van der Waals surface area contributed by atoms with E-state index in [1.54, 1.807) is 0 Å². The van der Waals surface area contributed by atoms with Crippen LogP contribution in [0.25, 0.3) is 11.1 Å². The van der Waals surface area contributed by atoms with Gasteiger partial charge in [0.1, 0.15) is 0 Å². The number of benzene rings is 2. The van der Waals surface area contributed by atoms with Crippen LogP contribution >= 0.6 is 0 Å². The number of hydrogen-bond acceptors (Lipinski definition) is 2. The van der Waals surface area contributed by atoms with Crippen molar-refractivity contribution < 1.29 is 0 Å². The van der Waals surface area contributed by atoms with Gasteiger partial charge in [-0.05, 0) is 35.2 Å². The normalized spacial score (nSPS) is 12.0. The van der Waals surface area contributed by atoms with Crippen molar-refractivity contribution in [2.45, 2.75) is 25.9 Å². The predicted octanol–water partition coefficient (Wildman–Crippen LogP) is 4.99. The molecule has 2 nitrogen and oxygen atoms in total. The largest absolute Gasteiger partial charge is 0.304 e. The first kappa shape index (κ1) is 15.4. The van der Waals surface area contributed by atoms with Crippen LogP contribution in [-0.4, -0.2) is 4.98 Å². The Balaban J connectivity index is 1.78. The number of pyridine rings is 1. The third-order valence-electron chi connectivity index (χ3n) is 4.09. The lowest BCUT2D eigenvalue weighted by Crippen LogP contribution is -2.21. The molecular formula is C21H22N2. The fourth-order valence-corrected chi connectivity index (χ4v) is 2.85. The summed E-state index contributed by atoms with van der Waals surface area (Å²) in [6, 6.07) is 25.5. The molecule has 0 unspecified atom stereocenters. The maximum atomic E-state index is 4.48. The molecule has 1 aromatic heterocycles. The van der Waals surface area contributed by atoms with Gasteiger partial charge in [0.2, 0.25) is 0 Å². The standard InChI is InChI=1S/C21H22N2/c1-2-20(21-14-8-9-15-22-21)23-16-18-12-6-7-13-19(18)17-10-4-3-5-11-17/h3-15,20,23H,2,16H2,1H3/t20-/m1/s1. The van der Waals surface area contributed by atoms with Crippen LogP contribution in [-0.2, 0) is 6.54 Å². The maximum absolute atomic E-state index is 4.48. The smallest absolute Gasteiger partial charge is 0.0573 e. The summed E-state index contributed by atoms with van der Waals surface area (Å²) in [6.45, 7) is 3.02. The molecule has 0 fully saturated rings. The summed E-state index contributed by atoms with van der Waals surface area (Å²) < 4.78 is 0. The minimum atomic E-state index is 0.278. The van der Waals surface area contributed by atoms with Gasteiger partial charge in [0.15, 0.2) is 0 Å². The molecule has 116 valence electrons. The van der Waals surface area contributed by atoms with Gasteiger partial charge < -0.3 is 5.32 Å². The van der Waals surface area contributed by atoms with Crippen LogP contribution in [0, 0.1) is 0 Å². The predicted molar refractivity (Wildman–Crippen MR) is 96.0 cm³/mol. The summed E-state index contributed by atoms with van der Waals surface area (Å²) in [5.41, 5.74) is 4.97. The van der Waals surface area contributed by atoms with E-state index >= 15 is 0 Å². The average Bonchev–Trinajstić information content (AvgIpc) is 2.64. The Morgan fingerprint density at radius 1 is 0.870 bits per heavy atom. The molecule has 0 aliphatic carbocycles. The molecule has 1 atom stereocenters. The summed E-state index contributed by atoms with van der Waals surface area (Å²) >= 11 is 0. The number of nitrogens with one attached hydrogen (secondary N) is 1. The highest BCUT2D eigenvalue weighted by Crippen LogP contribution is 2.24. The summed E-state index contributed by atoms with van der Waals surface area (Å²) in [5, 5.41) is 3.65. The van der Waals surface area contributed by atoms with Gasteiger partial charge in [0.25, 0.3) is 0 Å². The first-order valence-electron chi connectivity index (χ1n) is 8.16. The molecule has 2 aromatic carbocycles. The van der Waals surface area contributed by atoms with Crippen molar-refractivity contribution in [1.29, 1.82) is 0 Å².